The van der Waals surface area contributed by atoms with Crippen molar-refractivity contribution < 1.29 is 4.42 Å². The highest BCUT2D eigenvalue weighted by molar-refractivity contribution is 7.80. The summed E-state index contributed by atoms with van der Waals surface area (Å²) in [5.74, 6) is 0.873. The first kappa shape index (κ1) is 8.07. The van der Waals surface area contributed by atoms with E-state index in [0.29, 0.717) is 11.7 Å². The molecule has 0 saturated carbocycles. The fraction of sp³-hybridized carbons (Fsp3) is 0.286. The molecule has 0 aliphatic carbocycles. The maximum atomic E-state index is 5.24. The summed E-state index contributed by atoms with van der Waals surface area (Å²) in [7, 11) is 0. The first-order valence-electron chi connectivity index (χ1n) is 3.26. The molecule has 0 aliphatic heterocycles. The number of hydrogen-bond donors (Lipinski definition) is 2. The number of rotatable bonds is 2. The second-order valence-electron chi connectivity index (χ2n) is 2.24. The molecule has 0 radical (unpaired) electrons. The topological polar surface area (TPSA) is 51.2 Å². The minimum absolute atomic E-state index is 0.292. The summed E-state index contributed by atoms with van der Waals surface area (Å²) in [6, 6.07) is 1.90. The molecule has 3 nitrogen and oxygen atoms in total. The van der Waals surface area contributed by atoms with Crippen LogP contribution in [0.15, 0.2) is 16.7 Å². The maximum Gasteiger partial charge on any atom is 0.164 e. The Bertz CT molecular complexity index is 257. The molecule has 60 valence electrons. The fourth-order valence-corrected chi connectivity index (χ4v) is 0.825. The largest absolute Gasteiger partial charge is 0.467 e. The summed E-state index contributed by atoms with van der Waals surface area (Å²) in [6.07, 6.45) is 1.64. The quantitative estimate of drug-likeness (QED) is 0.648. The Hall–Kier alpha value is -1.03. The third kappa shape index (κ3) is 2.23. The fourth-order valence-electron chi connectivity index (χ4n) is 0.753. The lowest BCUT2D eigenvalue weighted by molar-refractivity contribution is 0.500. The van der Waals surface area contributed by atoms with E-state index in [9.17, 15) is 0 Å². The minimum atomic E-state index is 0.292. The molecule has 0 saturated heterocycles. The summed E-state index contributed by atoms with van der Waals surface area (Å²) >= 11 is 4.64. The first-order chi connectivity index (χ1) is 5.20. The zero-order chi connectivity index (χ0) is 8.27. The van der Waals surface area contributed by atoms with E-state index in [1.165, 1.54) is 0 Å². The van der Waals surface area contributed by atoms with Crippen LogP contribution in [0.2, 0.25) is 0 Å². The van der Waals surface area contributed by atoms with Gasteiger partial charge in [0.15, 0.2) is 5.11 Å². The molecule has 0 amide bonds. The Morgan fingerprint density at radius 2 is 2.55 bits per heavy atom. The van der Waals surface area contributed by atoms with Gasteiger partial charge in [-0.25, -0.2) is 0 Å². The van der Waals surface area contributed by atoms with Gasteiger partial charge in [0.2, 0.25) is 0 Å². The lowest BCUT2D eigenvalue weighted by Crippen LogP contribution is -2.28. The number of nitrogens with two attached hydrogens (primary N) is 1. The van der Waals surface area contributed by atoms with Crippen molar-refractivity contribution in [1.29, 1.82) is 0 Å². The lowest BCUT2D eigenvalue weighted by atomic mass is 10.3. The van der Waals surface area contributed by atoms with E-state index in [1.807, 2.05) is 13.0 Å². The Morgan fingerprint density at radius 3 is 3.00 bits per heavy atom. The van der Waals surface area contributed by atoms with Crippen LogP contribution in [-0.2, 0) is 6.54 Å². The van der Waals surface area contributed by atoms with Crippen LogP contribution in [0, 0.1) is 6.92 Å². The SMILES string of the molecule is Cc1ccoc1CNC(N)=S. The summed E-state index contributed by atoms with van der Waals surface area (Å²) in [6.45, 7) is 2.54. The van der Waals surface area contributed by atoms with Crippen molar-refractivity contribution in [2.75, 3.05) is 0 Å². The molecule has 11 heavy (non-hydrogen) atoms. The number of nitrogens with one attached hydrogen (secondary N) is 1. The van der Waals surface area contributed by atoms with Crippen LogP contribution < -0.4 is 11.1 Å². The van der Waals surface area contributed by atoms with E-state index in [-0.39, 0.29) is 0 Å². The van der Waals surface area contributed by atoms with E-state index in [0.717, 1.165) is 11.3 Å². The number of aryl methyl sites for hydroxylation is 1. The molecule has 0 aliphatic rings. The number of furan rings is 1. The summed E-state index contributed by atoms with van der Waals surface area (Å²) in [4.78, 5) is 0. The predicted molar refractivity (Wildman–Crippen MR) is 47.1 cm³/mol. The van der Waals surface area contributed by atoms with Crippen molar-refractivity contribution >= 4 is 17.3 Å². The van der Waals surface area contributed by atoms with E-state index in [1.54, 1.807) is 6.26 Å². The molecule has 1 rings (SSSR count). The van der Waals surface area contributed by atoms with Gasteiger partial charge in [-0.2, -0.15) is 0 Å². The van der Waals surface area contributed by atoms with E-state index < -0.39 is 0 Å². The number of hydrogen-bond acceptors (Lipinski definition) is 2. The molecule has 0 unspecified atom stereocenters. The molecule has 0 aromatic carbocycles. The van der Waals surface area contributed by atoms with Gasteiger partial charge in [0, 0.05) is 0 Å². The van der Waals surface area contributed by atoms with Gasteiger partial charge >= 0.3 is 0 Å². The van der Waals surface area contributed by atoms with E-state index >= 15 is 0 Å². The predicted octanol–water partition coefficient (Wildman–Crippen LogP) is 0.921. The van der Waals surface area contributed by atoms with Crippen LogP contribution in [0.3, 0.4) is 0 Å². The van der Waals surface area contributed by atoms with Gasteiger partial charge in [-0.15, -0.1) is 0 Å². The van der Waals surface area contributed by atoms with Crippen molar-refractivity contribution in [3.05, 3.63) is 23.7 Å². The molecule has 0 spiro atoms. The smallest absolute Gasteiger partial charge is 0.164 e. The van der Waals surface area contributed by atoms with E-state index in [2.05, 4.69) is 17.5 Å². The summed E-state index contributed by atoms with van der Waals surface area (Å²) in [5, 5.41) is 3.10. The zero-order valence-corrected chi connectivity index (χ0v) is 7.07. The van der Waals surface area contributed by atoms with Crippen LogP contribution in [-0.4, -0.2) is 5.11 Å². The van der Waals surface area contributed by atoms with Crippen LogP contribution in [0.4, 0.5) is 0 Å². The normalized spacial score (nSPS) is 9.55. The Labute approximate surface area is 70.6 Å². The third-order valence-corrected chi connectivity index (χ3v) is 1.54. The average Bonchev–Trinajstić information content (AvgIpc) is 2.31. The molecule has 1 heterocycles. The van der Waals surface area contributed by atoms with Crippen molar-refractivity contribution in [2.45, 2.75) is 13.5 Å². The van der Waals surface area contributed by atoms with Crippen molar-refractivity contribution in [3.63, 3.8) is 0 Å². The highest BCUT2D eigenvalue weighted by atomic mass is 32.1. The molecule has 1 aromatic rings. The van der Waals surface area contributed by atoms with Gasteiger partial charge in [0.25, 0.3) is 0 Å². The van der Waals surface area contributed by atoms with Gasteiger partial charge in [-0.1, -0.05) is 0 Å². The van der Waals surface area contributed by atoms with Gasteiger partial charge < -0.3 is 15.5 Å². The summed E-state index contributed by atoms with van der Waals surface area (Å²) < 4.78 is 5.14. The van der Waals surface area contributed by atoms with Gasteiger partial charge in [-0.05, 0) is 30.8 Å². The van der Waals surface area contributed by atoms with Crippen molar-refractivity contribution in [1.82, 2.24) is 5.32 Å². The van der Waals surface area contributed by atoms with Crippen molar-refractivity contribution in [3.8, 4) is 0 Å². The second-order valence-corrected chi connectivity index (χ2v) is 2.68. The van der Waals surface area contributed by atoms with Crippen LogP contribution in [0.5, 0.6) is 0 Å². The standard InChI is InChI=1S/C7H10N2OS/c1-5-2-3-10-6(5)4-9-7(8)11/h2-3H,4H2,1H3,(H3,8,9,11). The molecule has 0 atom stereocenters. The minimum Gasteiger partial charge on any atom is -0.467 e. The Morgan fingerprint density at radius 1 is 1.82 bits per heavy atom. The highest BCUT2D eigenvalue weighted by Gasteiger charge is 1.99. The van der Waals surface area contributed by atoms with E-state index in [4.69, 9.17) is 10.2 Å². The average molecular weight is 170 g/mol. The van der Waals surface area contributed by atoms with Crippen LogP contribution in [0.25, 0.3) is 0 Å². The molecule has 0 bridgehead atoms. The molecular formula is C7H10N2OS. The van der Waals surface area contributed by atoms with Gasteiger partial charge in [0.1, 0.15) is 5.76 Å². The third-order valence-electron chi connectivity index (χ3n) is 1.39. The van der Waals surface area contributed by atoms with Gasteiger partial charge in [0.05, 0.1) is 12.8 Å². The maximum absolute atomic E-state index is 5.24. The van der Waals surface area contributed by atoms with Crippen LogP contribution >= 0.6 is 12.2 Å². The second kappa shape index (κ2) is 3.39. The van der Waals surface area contributed by atoms with Crippen LogP contribution in [0.1, 0.15) is 11.3 Å². The molecular weight excluding hydrogens is 160 g/mol. The molecule has 3 N–H and O–H groups in total. The Balaban J connectivity index is 2.51. The molecule has 1 aromatic heterocycles. The molecule has 0 fully saturated rings. The monoisotopic (exact) mass is 170 g/mol. The van der Waals surface area contributed by atoms with Crippen molar-refractivity contribution in [2.24, 2.45) is 5.73 Å². The highest BCUT2D eigenvalue weighted by Crippen LogP contribution is 2.07. The lowest BCUT2D eigenvalue weighted by Gasteiger charge is -2.00. The summed E-state index contributed by atoms with van der Waals surface area (Å²) in [5.41, 5.74) is 6.34. The molecule has 4 heteroatoms. The zero-order valence-electron chi connectivity index (χ0n) is 6.26. The van der Waals surface area contributed by atoms with Gasteiger partial charge in [-0.3, -0.25) is 0 Å². The first-order valence-corrected chi connectivity index (χ1v) is 3.67. The Kier molecular flexibility index (Phi) is 2.48. The number of thiocarbonyl (C=S) groups is 1.